The molecule has 0 unspecified atom stereocenters. The molecule has 0 fully saturated rings. The van der Waals surface area contributed by atoms with Gasteiger partial charge in [0, 0.05) is 19.1 Å². The Morgan fingerprint density at radius 2 is 2.50 bits per heavy atom. The fourth-order valence-electron chi connectivity index (χ4n) is 0.860. The lowest BCUT2D eigenvalue weighted by molar-refractivity contribution is -0.389. The van der Waals surface area contributed by atoms with Crippen LogP contribution in [0.1, 0.15) is 19.2 Å². The van der Waals surface area contributed by atoms with Crippen molar-refractivity contribution in [1.82, 2.24) is 9.97 Å². The van der Waals surface area contributed by atoms with Gasteiger partial charge in [0.25, 0.3) is 5.82 Å². The van der Waals surface area contributed by atoms with Crippen molar-refractivity contribution in [3.05, 3.63) is 22.1 Å². The summed E-state index contributed by atoms with van der Waals surface area (Å²) < 4.78 is 0. The van der Waals surface area contributed by atoms with E-state index in [9.17, 15) is 14.9 Å². The largest absolute Gasteiger partial charge is 0.358 e. The van der Waals surface area contributed by atoms with Crippen LogP contribution in [0.5, 0.6) is 0 Å². The third kappa shape index (κ3) is 4.14. The highest BCUT2D eigenvalue weighted by molar-refractivity contribution is 8.13. The van der Waals surface area contributed by atoms with Crippen molar-refractivity contribution in [2.75, 3.05) is 5.75 Å². The minimum absolute atomic E-state index is 0.0513. The lowest BCUT2D eigenvalue weighted by Crippen LogP contribution is -1.87. The number of H-pyrrole nitrogens is 1. The molecule has 1 aromatic heterocycles. The van der Waals surface area contributed by atoms with Crippen molar-refractivity contribution in [1.29, 1.82) is 0 Å². The summed E-state index contributed by atoms with van der Waals surface area (Å²) in [5.41, 5.74) is 0. The van der Waals surface area contributed by atoms with Gasteiger partial charge < -0.3 is 10.1 Å². The zero-order valence-corrected chi connectivity index (χ0v) is 9.34. The van der Waals surface area contributed by atoms with E-state index < -0.39 is 4.92 Å². The first-order chi connectivity index (χ1) is 7.59. The summed E-state index contributed by atoms with van der Waals surface area (Å²) in [7, 11) is 0. The van der Waals surface area contributed by atoms with Crippen molar-refractivity contribution in [3.8, 4) is 11.8 Å². The highest BCUT2D eigenvalue weighted by atomic mass is 32.2. The van der Waals surface area contributed by atoms with Gasteiger partial charge in [-0.05, 0) is 10.8 Å². The second-order valence-electron chi connectivity index (χ2n) is 2.77. The molecule has 0 saturated heterocycles. The van der Waals surface area contributed by atoms with Crippen LogP contribution in [0.3, 0.4) is 0 Å². The smallest absolute Gasteiger partial charge is 0.341 e. The van der Waals surface area contributed by atoms with E-state index in [2.05, 4.69) is 21.8 Å². The highest BCUT2D eigenvalue weighted by Crippen LogP contribution is 2.05. The number of nitrogens with one attached hydrogen (secondary N) is 1. The summed E-state index contributed by atoms with van der Waals surface area (Å²) in [4.78, 5) is 26.5. The van der Waals surface area contributed by atoms with Crippen molar-refractivity contribution in [2.45, 2.75) is 13.3 Å². The van der Waals surface area contributed by atoms with E-state index >= 15 is 0 Å². The van der Waals surface area contributed by atoms with Gasteiger partial charge in [0.1, 0.15) is 6.20 Å². The second kappa shape index (κ2) is 5.92. The number of nitro groups is 1. The first-order valence-corrected chi connectivity index (χ1v) is 5.40. The third-order valence-electron chi connectivity index (χ3n) is 1.50. The number of aromatic amines is 1. The van der Waals surface area contributed by atoms with E-state index in [1.54, 1.807) is 0 Å². The van der Waals surface area contributed by atoms with Crippen molar-refractivity contribution >= 4 is 22.7 Å². The number of carbonyl (C=O) groups excluding carboxylic acids is 1. The summed E-state index contributed by atoms with van der Waals surface area (Å²) >= 11 is 1.20. The number of hydrogen-bond acceptors (Lipinski definition) is 5. The SMILES string of the molecule is CC(=O)SCCC#Cc1ncc([N+](=O)[O-])[nH]1. The van der Waals surface area contributed by atoms with Gasteiger partial charge in [0.05, 0.1) is 0 Å². The molecule has 0 atom stereocenters. The van der Waals surface area contributed by atoms with Gasteiger partial charge in [-0.3, -0.25) is 4.79 Å². The predicted molar refractivity (Wildman–Crippen MR) is 59.9 cm³/mol. The maximum absolute atomic E-state index is 10.6. The minimum atomic E-state index is -0.566. The molecule has 1 N–H and O–H groups in total. The normalized spacial score (nSPS) is 9.31. The number of rotatable bonds is 3. The molecule has 1 aromatic rings. The van der Waals surface area contributed by atoms with Gasteiger partial charge in [-0.2, -0.15) is 0 Å². The van der Waals surface area contributed by atoms with Gasteiger partial charge in [-0.25, -0.2) is 9.97 Å². The maximum atomic E-state index is 10.6. The minimum Gasteiger partial charge on any atom is -0.358 e. The molecule has 0 saturated carbocycles. The monoisotopic (exact) mass is 239 g/mol. The molecule has 84 valence electrons. The molecule has 6 nitrogen and oxygen atoms in total. The average Bonchev–Trinajstić information content (AvgIpc) is 2.65. The van der Waals surface area contributed by atoms with Gasteiger partial charge in [-0.1, -0.05) is 17.7 Å². The molecule has 0 aromatic carbocycles. The summed E-state index contributed by atoms with van der Waals surface area (Å²) in [6.45, 7) is 1.49. The number of nitrogens with zero attached hydrogens (tertiary/aromatic N) is 2. The summed E-state index contributed by atoms with van der Waals surface area (Å²) in [6.07, 6.45) is 1.66. The van der Waals surface area contributed by atoms with Gasteiger partial charge in [-0.15, -0.1) is 0 Å². The lowest BCUT2D eigenvalue weighted by atomic mass is 10.4. The van der Waals surface area contributed by atoms with Crippen LogP contribution in [0, 0.1) is 22.0 Å². The second-order valence-corrected chi connectivity index (χ2v) is 4.04. The van der Waals surface area contributed by atoms with Gasteiger partial charge in [0.2, 0.25) is 0 Å². The molecule has 0 spiro atoms. The molecule has 1 rings (SSSR count). The van der Waals surface area contributed by atoms with Crippen LogP contribution in [0.4, 0.5) is 5.82 Å². The molecule has 0 aliphatic heterocycles. The van der Waals surface area contributed by atoms with Crippen molar-refractivity contribution in [3.63, 3.8) is 0 Å². The Labute approximate surface area is 96.0 Å². The van der Waals surface area contributed by atoms with Crippen LogP contribution in [-0.2, 0) is 4.79 Å². The van der Waals surface area contributed by atoms with E-state index in [0.717, 1.165) is 6.20 Å². The number of carbonyl (C=O) groups is 1. The third-order valence-corrected chi connectivity index (χ3v) is 2.31. The summed E-state index contributed by atoms with van der Waals surface area (Å²) in [5.74, 6) is 6.12. The standard InChI is InChI=1S/C9H9N3O3S/c1-7(13)16-5-3-2-4-8-10-6-9(11-8)12(14)15/h6H,3,5H2,1H3,(H,10,11). The van der Waals surface area contributed by atoms with E-state index in [0.29, 0.717) is 12.2 Å². The molecular formula is C9H9N3O3S. The highest BCUT2D eigenvalue weighted by Gasteiger charge is 2.06. The average molecular weight is 239 g/mol. The first kappa shape index (κ1) is 12.3. The molecule has 0 radical (unpaired) electrons. The van der Waals surface area contributed by atoms with Crippen molar-refractivity contribution < 1.29 is 9.72 Å². The maximum Gasteiger partial charge on any atom is 0.341 e. The molecule has 7 heteroatoms. The molecule has 0 bridgehead atoms. The summed E-state index contributed by atoms with van der Waals surface area (Å²) in [5, 5.41) is 10.4. The molecule has 1 heterocycles. The van der Waals surface area contributed by atoms with Crippen LogP contribution in [0.25, 0.3) is 0 Å². The van der Waals surface area contributed by atoms with Crippen LogP contribution >= 0.6 is 11.8 Å². The molecule has 0 aliphatic rings. The molecule has 0 amide bonds. The Bertz CT molecular complexity index is 458. The van der Waals surface area contributed by atoms with E-state index in [4.69, 9.17) is 0 Å². The molecule has 16 heavy (non-hydrogen) atoms. The predicted octanol–water partition coefficient (Wildman–Crippen LogP) is 1.34. The van der Waals surface area contributed by atoms with E-state index in [1.807, 2.05) is 0 Å². The number of thioether (sulfide) groups is 1. The fraction of sp³-hybridized carbons (Fsp3) is 0.333. The van der Waals surface area contributed by atoms with E-state index in [-0.39, 0.29) is 16.8 Å². The van der Waals surface area contributed by atoms with Gasteiger partial charge >= 0.3 is 5.82 Å². The first-order valence-electron chi connectivity index (χ1n) is 4.41. The number of imidazole rings is 1. The van der Waals surface area contributed by atoms with Crippen LogP contribution in [0.15, 0.2) is 6.20 Å². The number of aromatic nitrogens is 2. The Morgan fingerprint density at radius 3 is 3.06 bits per heavy atom. The quantitative estimate of drug-likeness (QED) is 0.372. The van der Waals surface area contributed by atoms with Crippen molar-refractivity contribution in [2.24, 2.45) is 0 Å². The Hall–Kier alpha value is -1.81. The molecule has 0 aliphatic carbocycles. The number of hydrogen-bond donors (Lipinski definition) is 1. The molecular weight excluding hydrogens is 230 g/mol. The zero-order valence-electron chi connectivity index (χ0n) is 8.52. The van der Waals surface area contributed by atoms with Crippen LogP contribution < -0.4 is 0 Å². The zero-order chi connectivity index (χ0) is 12.0. The topological polar surface area (TPSA) is 88.9 Å². The fourth-order valence-corrected chi connectivity index (χ4v) is 1.35. The Balaban J connectivity index is 2.44. The van der Waals surface area contributed by atoms with Crippen LogP contribution in [0.2, 0.25) is 0 Å². The van der Waals surface area contributed by atoms with Crippen LogP contribution in [-0.4, -0.2) is 25.8 Å². The summed E-state index contributed by atoms with van der Waals surface area (Å²) in [6, 6.07) is 0. The lowest BCUT2D eigenvalue weighted by Gasteiger charge is -1.87. The Morgan fingerprint density at radius 1 is 1.75 bits per heavy atom. The Kier molecular flexibility index (Phi) is 4.54. The van der Waals surface area contributed by atoms with E-state index in [1.165, 1.54) is 18.7 Å². The van der Waals surface area contributed by atoms with Gasteiger partial charge in [0.15, 0.2) is 5.12 Å².